The first-order valence-electron chi connectivity index (χ1n) is 14.0. The number of ketones is 2. The number of benzene rings is 2. The number of hydrogen-bond donors (Lipinski definition) is 0. The van der Waals surface area contributed by atoms with Crippen LogP contribution < -0.4 is 0 Å². The molecule has 4 aliphatic rings. The Kier molecular flexibility index (Phi) is 6.51. The van der Waals surface area contributed by atoms with Crippen LogP contribution >= 0.6 is 0 Å². The van der Waals surface area contributed by atoms with Gasteiger partial charge in [-0.2, -0.15) is 0 Å². The number of nitrogens with zero attached hydrogens (tertiary/aromatic N) is 6. The fraction of sp³-hybridized carbons (Fsp3) is 0.400. The molecular weight excluding hydrogens is 552 g/mol. The Balaban J connectivity index is 0.000000137. The first kappa shape index (κ1) is 26.7. The van der Waals surface area contributed by atoms with E-state index in [0.29, 0.717) is 0 Å². The first-order chi connectivity index (χ1) is 20.3. The zero-order valence-electron chi connectivity index (χ0n) is 22.2. The van der Waals surface area contributed by atoms with Crippen LogP contribution in [0.1, 0.15) is 94.1 Å². The minimum absolute atomic E-state index is 0.0570. The van der Waals surface area contributed by atoms with E-state index < -0.39 is 48.1 Å². The summed E-state index contributed by atoms with van der Waals surface area (Å²) < 4.78 is 57.1. The lowest BCUT2D eigenvalue weighted by Crippen LogP contribution is -2.11. The minimum Gasteiger partial charge on any atom is -0.290 e. The van der Waals surface area contributed by atoms with Crippen LogP contribution in [0.3, 0.4) is 0 Å². The summed E-state index contributed by atoms with van der Waals surface area (Å²) in [7, 11) is 0. The highest BCUT2D eigenvalue weighted by molar-refractivity contribution is 5.97. The van der Waals surface area contributed by atoms with Gasteiger partial charge in [-0.1, -0.05) is 60.7 Å². The molecule has 0 saturated heterocycles. The molecule has 0 amide bonds. The second-order valence-electron chi connectivity index (χ2n) is 11.2. The lowest BCUT2D eigenvalue weighted by Gasteiger charge is -2.11. The Morgan fingerprint density at radius 2 is 0.952 bits per heavy atom. The van der Waals surface area contributed by atoms with Gasteiger partial charge in [0.05, 0.1) is 23.9 Å². The number of carbonyl (C=O) groups excluding carboxylic acids is 2. The second-order valence-corrected chi connectivity index (χ2v) is 11.2. The monoisotopic (exact) mass is 578 g/mol. The van der Waals surface area contributed by atoms with E-state index in [2.05, 4.69) is 20.2 Å². The summed E-state index contributed by atoms with van der Waals surface area (Å²) in [6.07, 6.45) is -3.70. The van der Waals surface area contributed by atoms with Crippen LogP contribution in [-0.2, 0) is 0 Å². The van der Waals surface area contributed by atoms with Gasteiger partial charge in [0.1, 0.15) is 12.3 Å². The third-order valence-corrected chi connectivity index (χ3v) is 8.23. The van der Waals surface area contributed by atoms with Gasteiger partial charge < -0.3 is 0 Å². The Bertz CT molecular complexity index is 1520. The SMILES string of the molecule is O=C(c1nc2n(n1)[C@@H](c1ccccc1)C[C@H]2F)[C@@H]1C[C@H]1F.O=C(c1nc2n(n1)[C@@H](c1ccccc1)C[C@H]2F)[C@H]1C[C@@H]1F. The molecule has 0 spiro atoms. The average molecular weight is 579 g/mol. The van der Waals surface area contributed by atoms with Crippen LogP contribution in [0.25, 0.3) is 0 Å². The number of carbonyl (C=O) groups is 2. The highest BCUT2D eigenvalue weighted by atomic mass is 19.1. The summed E-state index contributed by atoms with van der Waals surface area (Å²) >= 11 is 0. The van der Waals surface area contributed by atoms with Gasteiger partial charge in [0, 0.05) is 12.8 Å². The van der Waals surface area contributed by atoms with Crippen molar-refractivity contribution in [3.63, 3.8) is 0 Å². The van der Waals surface area contributed by atoms with Crippen molar-refractivity contribution in [2.24, 2.45) is 11.8 Å². The van der Waals surface area contributed by atoms with E-state index >= 15 is 0 Å². The smallest absolute Gasteiger partial charge is 0.218 e. The average Bonchev–Trinajstić information content (AvgIpc) is 3.63. The van der Waals surface area contributed by atoms with Crippen molar-refractivity contribution in [2.75, 3.05) is 0 Å². The Morgan fingerprint density at radius 3 is 1.29 bits per heavy atom. The topological polar surface area (TPSA) is 95.6 Å². The molecular formula is C30H26F4N6O2. The van der Waals surface area contributed by atoms with E-state index in [-0.39, 0.29) is 61.1 Å². The van der Waals surface area contributed by atoms with Crippen molar-refractivity contribution >= 4 is 11.6 Å². The van der Waals surface area contributed by atoms with Gasteiger partial charge in [-0.3, -0.25) is 9.59 Å². The molecule has 0 radical (unpaired) electrons. The standard InChI is InChI=1S/2C15H13F2N3O/c2*16-10-6-9(10)13(21)14-18-15-11(17)7-12(20(15)19-14)8-4-2-1-3-5-8/h2*1-5,9-12H,6-7H2/t9-,10-,11+,12+;9-,10-,11-,12-/m01/s1. The molecule has 4 heterocycles. The summed E-state index contributed by atoms with van der Waals surface area (Å²) in [5.41, 5.74) is 1.86. The molecule has 8 rings (SSSR count). The van der Waals surface area contributed by atoms with Crippen LogP contribution in [0.5, 0.6) is 0 Å². The number of Topliss-reactive ketones (excluding diaryl/α,β-unsaturated/α-hetero) is 2. The molecule has 4 aromatic rings. The third-order valence-electron chi connectivity index (χ3n) is 8.23. The number of halogens is 4. The molecule has 2 fully saturated rings. The van der Waals surface area contributed by atoms with Crippen LogP contribution in [0.2, 0.25) is 0 Å². The van der Waals surface area contributed by atoms with Crippen molar-refractivity contribution in [1.29, 1.82) is 0 Å². The summed E-state index contributed by atoms with van der Waals surface area (Å²) in [6, 6.07) is 18.3. The summed E-state index contributed by atoms with van der Waals surface area (Å²) in [4.78, 5) is 32.0. The lowest BCUT2D eigenvalue weighted by atomic mass is 10.0. The first-order valence-corrected chi connectivity index (χ1v) is 14.0. The number of aromatic nitrogens is 6. The zero-order valence-corrected chi connectivity index (χ0v) is 22.2. The van der Waals surface area contributed by atoms with Crippen molar-refractivity contribution in [1.82, 2.24) is 29.5 Å². The van der Waals surface area contributed by atoms with Gasteiger partial charge in [0.25, 0.3) is 0 Å². The normalized spacial score (nSPS) is 30.2. The molecule has 8 nitrogen and oxygen atoms in total. The Hall–Kier alpha value is -4.22. The van der Waals surface area contributed by atoms with Gasteiger partial charge in [0.15, 0.2) is 24.0 Å². The number of fused-ring (bicyclic) bond motifs is 2. The number of rotatable bonds is 6. The molecule has 2 saturated carbocycles. The van der Waals surface area contributed by atoms with Crippen molar-refractivity contribution < 1.29 is 27.2 Å². The number of hydrogen-bond acceptors (Lipinski definition) is 6. The summed E-state index contributed by atoms with van der Waals surface area (Å²) in [6.45, 7) is 0. The fourth-order valence-electron chi connectivity index (χ4n) is 5.68. The van der Waals surface area contributed by atoms with Crippen LogP contribution in [0, 0.1) is 11.8 Å². The van der Waals surface area contributed by atoms with Gasteiger partial charge in [-0.15, -0.1) is 10.2 Å². The molecule has 8 atom stereocenters. The summed E-state index contributed by atoms with van der Waals surface area (Å²) in [5, 5.41) is 8.29. The lowest BCUT2D eigenvalue weighted by molar-refractivity contribution is 0.0938. The van der Waals surface area contributed by atoms with E-state index in [4.69, 9.17) is 0 Å². The summed E-state index contributed by atoms with van der Waals surface area (Å²) in [5.74, 6) is -1.88. The molecule has 2 aromatic heterocycles. The molecule has 2 aromatic carbocycles. The van der Waals surface area contributed by atoms with E-state index in [9.17, 15) is 27.2 Å². The molecule has 0 unspecified atom stereocenters. The molecule has 0 N–H and O–H groups in total. The predicted molar refractivity (Wildman–Crippen MR) is 141 cm³/mol. The zero-order chi connectivity index (χ0) is 29.1. The highest BCUT2D eigenvalue weighted by Gasteiger charge is 2.47. The van der Waals surface area contributed by atoms with Crippen molar-refractivity contribution in [2.45, 2.75) is 62.5 Å². The highest BCUT2D eigenvalue weighted by Crippen LogP contribution is 2.42. The maximum atomic E-state index is 14.1. The predicted octanol–water partition coefficient (Wildman–Crippen LogP) is 5.65. The van der Waals surface area contributed by atoms with Gasteiger partial charge in [-0.05, 0) is 24.0 Å². The molecule has 42 heavy (non-hydrogen) atoms. The number of alkyl halides is 4. The van der Waals surface area contributed by atoms with Crippen LogP contribution in [-0.4, -0.2) is 53.4 Å². The molecule has 2 aliphatic heterocycles. The van der Waals surface area contributed by atoms with Crippen LogP contribution in [0.15, 0.2) is 60.7 Å². The van der Waals surface area contributed by atoms with Gasteiger partial charge in [-0.25, -0.2) is 36.9 Å². The van der Waals surface area contributed by atoms with E-state index in [0.717, 1.165) is 11.1 Å². The maximum Gasteiger partial charge on any atom is 0.218 e. The maximum absolute atomic E-state index is 14.1. The second kappa shape index (κ2) is 10.2. The fourth-order valence-corrected chi connectivity index (χ4v) is 5.68. The Labute approximate surface area is 237 Å². The van der Waals surface area contributed by atoms with E-state index in [1.807, 2.05) is 60.7 Å². The van der Waals surface area contributed by atoms with E-state index in [1.165, 1.54) is 9.36 Å². The largest absolute Gasteiger partial charge is 0.290 e. The minimum atomic E-state index is -1.25. The molecule has 216 valence electrons. The quantitative estimate of drug-likeness (QED) is 0.217. The molecule has 0 bridgehead atoms. The van der Waals surface area contributed by atoms with Gasteiger partial charge >= 0.3 is 0 Å². The van der Waals surface area contributed by atoms with Crippen molar-refractivity contribution in [3.8, 4) is 0 Å². The van der Waals surface area contributed by atoms with Crippen molar-refractivity contribution in [3.05, 3.63) is 95.1 Å². The molecule has 2 aliphatic carbocycles. The third kappa shape index (κ3) is 4.72. The van der Waals surface area contributed by atoms with Gasteiger partial charge in [0.2, 0.25) is 23.2 Å². The van der Waals surface area contributed by atoms with E-state index in [1.54, 1.807) is 0 Å². The van der Waals surface area contributed by atoms with Crippen LogP contribution in [0.4, 0.5) is 17.6 Å². The Morgan fingerprint density at radius 1 is 0.595 bits per heavy atom. The molecule has 12 heteroatoms.